The molecular formula is C24H19N3O6S. The van der Waals surface area contributed by atoms with Crippen LogP contribution in [0.25, 0.3) is 17.4 Å². The molecule has 4 rings (SSSR count). The Hall–Kier alpha value is -4.18. The van der Waals surface area contributed by atoms with Crippen molar-refractivity contribution in [2.24, 2.45) is 4.99 Å². The monoisotopic (exact) mass is 477 g/mol. The fraction of sp³-hybridized carbons (Fsp3) is 0.125. The molecule has 9 nitrogen and oxygen atoms in total. The number of furan rings is 1. The zero-order chi connectivity index (χ0) is 24.4. The molecule has 1 aliphatic rings. The number of hydrogen-bond acceptors (Lipinski definition) is 7. The van der Waals surface area contributed by atoms with Gasteiger partial charge in [0.2, 0.25) is 0 Å². The number of aromatic carboxylic acids is 1. The Morgan fingerprint density at radius 3 is 2.74 bits per heavy atom. The molecule has 1 fully saturated rings. The predicted octanol–water partition coefficient (Wildman–Crippen LogP) is 5.49. The fourth-order valence-electron chi connectivity index (χ4n) is 3.36. The minimum atomic E-state index is -1.06. The quantitative estimate of drug-likeness (QED) is 0.283. The number of aryl methyl sites for hydroxylation is 1. The van der Waals surface area contributed by atoms with Crippen LogP contribution in [-0.2, 0) is 4.79 Å². The van der Waals surface area contributed by atoms with Gasteiger partial charge in [0.05, 0.1) is 21.1 Å². The summed E-state index contributed by atoms with van der Waals surface area (Å²) in [6.45, 7) is 3.87. The van der Waals surface area contributed by atoms with Gasteiger partial charge in [-0.25, -0.2) is 9.79 Å². The van der Waals surface area contributed by atoms with Crippen molar-refractivity contribution in [1.29, 1.82) is 0 Å². The van der Waals surface area contributed by atoms with Gasteiger partial charge in [0, 0.05) is 29.8 Å². The molecule has 1 aliphatic heterocycles. The lowest BCUT2D eigenvalue weighted by Crippen LogP contribution is -2.28. The molecule has 34 heavy (non-hydrogen) atoms. The lowest BCUT2D eigenvalue weighted by Gasteiger charge is -2.12. The Kier molecular flexibility index (Phi) is 6.33. The highest BCUT2D eigenvalue weighted by atomic mass is 32.2. The first-order chi connectivity index (χ1) is 16.3. The van der Waals surface area contributed by atoms with Crippen LogP contribution in [0.15, 0.2) is 68.9 Å². The molecule has 0 unspecified atom stereocenters. The first-order valence-corrected chi connectivity index (χ1v) is 11.1. The fourth-order valence-corrected chi connectivity index (χ4v) is 4.41. The number of benzene rings is 2. The molecule has 1 N–H and O–H groups in total. The van der Waals surface area contributed by atoms with Gasteiger partial charge in [-0.05, 0) is 55.9 Å². The minimum Gasteiger partial charge on any atom is -0.478 e. The molecule has 0 atom stereocenters. The summed E-state index contributed by atoms with van der Waals surface area (Å²) in [7, 11) is 0. The number of carbonyl (C=O) groups excluding carboxylic acids is 1. The third-order valence-corrected chi connectivity index (χ3v) is 6.12. The second-order valence-electron chi connectivity index (χ2n) is 7.37. The highest BCUT2D eigenvalue weighted by molar-refractivity contribution is 8.18. The number of nitro benzene ring substituents is 1. The van der Waals surface area contributed by atoms with Crippen molar-refractivity contribution < 1.29 is 24.0 Å². The third-order valence-electron chi connectivity index (χ3n) is 5.11. The van der Waals surface area contributed by atoms with Crippen molar-refractivity contribution in [3.63, 3.8) is 0 Å². The maximum atomic E-state index is 12.9. The van der Waals surface area contributed by atoms with Crippen LogP contribution >= 0.6 is 11.8 Å². The maximum absolute atomic E-state index is 12.9. The van der Waals surface area contributed by atoms with E-state index in [1.165, 1.54) is 23.1 Å². The summed E-state index contributed by atoms with van der Waals surface area (Å²) in [5.41, 5.74) is 1.64. The number of aliphatic imine (C=N–C) groups is 1. The Labute approximate surface area is 198 Å². The summed E-state index contributed by atoms with van der Waals surface area (Å²) >= 11 is 1.16. The van der Waals surface area contributed by atoms with Crippen LogP contribution in [0.2, 0.25) is 0 Å². The molecule has 0 saturated carbocycles. The zero-order valence-electron chi connectivity index (χ0n) is 18.2. The summed E-state index contributed by atoms with van der Waals surface area (Å²) in [4.78, 5) is 41.3. The van der Waals surface area contributed by atoms with Crippen molar-refractivity contribution in [3.8, 4) is 11.3 Å². The Morgan fingerprint density at radius 2 is 2.03 bits per heavy atom. The normalized spacial score (nSPS) is 15.9. The predicted molar refractivity (Wildman–Crippen MR) is 129 cm³/mol. The summed E-state index contributed by atoms with van der Waals surface area (Å²) in [6, 6.07) is 14.4. The van der Waals surface area contributed by atoms with Gasteiger partial charge < -0.3 is 9.52 Å². The molecular weight excluding hydrogens is 458 g/mol. The molecule has 0 bridgehead atoms. The number of nitrogens with zero attached hydrogens (tertiary/aromatic N) is 3. The van der Waals surface area contributed by atoms with Crippen molar-refractivity contribution in [2.75, 3.05) is 6.54 Å². The van der Waals surface area contributed by atoms with Gasteiger partial charge in [0.1, 0.15) is 11.5 Å². The first-order valence-electron chi connectivity index (χ1n) is 10.3. The van der Waals surface area contributed by atoms with E-state index in [2.05, 4.69) is 4.99 Å². The number of carboxylic acid groups (broad SMARTS) is 1. The summed E-state index contributed by atoms with van der Waals surface area (Å²) < 4.78 is 5.83. The topological polar surface area (TPSA) is 126 Å². The van der Waals surface area contributed by atoms with E-state index in [-0.39, 0.29) is 17.2 Å². The van der Waals surface area contributed by atoms with Crippen molar-refractivity contribution in [3.05, 3.63) is 86.5 Å². The van der Waals surface area contributed by atoms with Gasteiger partial charge >= 0.3 is 5.97 Å². The number of amides is 1. The number of amidine groups is 1. The zero-order valence-corrected chi connectivity index (χ0v) is 19.0. The standard InChI is InChI=1S/C24H19N3O6S/c1-3-26-22(28)21(34-24(26)25-17-6-4-5-16(11-17)23(29)30)13-18-9-10-20(33-18)15-8-7-14(2)19(12-15)27(31)32/h4-13H,3H2,1-2H3,(H,29,30)/b21-13+,25-24?. The molecule has 1 aromatic heterocycles. The van der Waals surface area contributed by atoms with E-state index in [0.29, 0.717) is 45.0 Å². The molecule has 0 spiro atoms. The summed E-state index contributed by atoms with van der Waals surface area (Å²) in [5.74, 6) is -0.446. The van der Waals surface area contributed by atoms with Crippen molar-refractivity contribution >= 4 is 46.3 Å². The van der Waals surface area contributed by atoms with Gasteiger partial charge in [-0.2, -0.15) is 0 Å². The van der Waals surface area contributed by atoms with Gasteiger partial charge in [-0.3, -0.25) is 19.8 Å². The lowest BCUT2D eigenvalue weighted by atomic mass is 10.1. The SMILES string of the molecule is CCN1C(=O)/C(=C\c2ccc(-c3ccc(C)c([N+](=O)[O-])c3)o2)SC1=Nc1cccc(C(=O)O)c1. The highest BCUT2D eigenvalue weighted by Crippen LogP contribution is 2.35. The van der Waals surface area contributed by atoms with E-state index in [4.69, 9.17) is 4.42 Å². The molecule has 2 heterocycles. The van der Waals surface area contributed by atoms with Gasteiger partial charge in [-0.1, -0.05) is 18.2 Å². The van der Waals surface area contributed by atoms with Gasteiger partial charge in [-0.15, -0.1) is 0 Å². The number of carboxylic acids is 1. The first kappa shape index (κ1) is 23.0. The van der Waals surface area contributed by atoms with Gasteiger partial charge in [0.25, 0.3) is 11.6 Å². The number of hydrogen-bond donors (Lipinski definition) is 1. The molecule has 3 aromatic rings. The summed E-state index contributed by atoms with van der Waals surface area (Å²) in [5, 5.41) is 20.8. The van der Waals surface area contributed by atoms with Crippen molar-refractivity contribution in [2.45, 2.75) is 13.8 Å². The third kappa shape index (κ3) is 4.62. The van der Waals surface area contributed by atoms with E-state index in [1.807, 2.05) is 6.92 Å². The minimum absolute atomic E-state index is 0.00161. The van der Waals surface area contributed by atoms with Crippen LogP contribution in [0.5, 0.6) is 0 Å². The van der Waals surface area contributed by atoms with E-state index >= 15 is 0 Å². The van der Waals surface area contributed by atoms with E-state index < -0.39 is 10.9 Å². The molecule has 0 radical (unpaired) electrons. The molecule has 0 aliphatic carbocycles. The smallest absolute Gasteiger partial charge is 0.335 e. The largest absolute Gasteiger partial charge is 0.478 e. The van der Waals surface area contributed by atoms with Crippen LogP contribution in [0.3, 0.4) is 0 Å². The van der Waals surface area contributed by atoms with Crippen molar-refractivity contribution in [1.82, 2.24) is 4.90 Å². The second kappa shape index (κ2) is 9.36. The number of rotatable bonds is 6. The van der Waals surface area contributed by atoms with Crippen LogP contribution in [0, 0.1) is 17.0 Å². The molecule has 10 heteroatoms. The molecule has 1 saturated heterocycles. The summed E-state index contributed by atoms with van der Waals surface area (Å²) in [6.07, 6.45) is 1.60. The average molecular weight is 477 g/mol. The second-order valence-corrected chi connectivity index (χ2v) is 8.38. The Morgan fingerprint density at radius 1 is 1.24 bits per heavy atom. The van der Waals surface area contributed by atoms with Crippen LogP contribution in [0.4, 0.5) is 11.4 Å². The number of thioether (sulfide) groups is 1. The van der Waals surface area contributed by atoms with Crippen LogP contribution in [0.1, 0.15) is 28.6 Å². The Bertz CT molecular complexity index is 1370. The number of nitro groups is 1. The van der Waals surface area contributed by atoms with E-state index in [9.17, 15) is 24.8 Å². The number of likely N-dealkylation sites (N-methyl/N-ethyl adjacent to an activating group) is 1. The highest BCUT2D eigenvalue weighted by Gasteiger charge is 2.32. The maximum Gasteiger partial charge on any atom is 0.335 e. The van der Waals surface area contributed by atoms with Gasteiger partial charge in [0.15, 0.2) is 5.17 Å². The van der Waals surface area contributed by atoms with E-state index in [0.717, 1.165) is 11.8 Å². The molecule has 2 aromatic carbocycles. The molecule has 1 amide bonds. The van der Waals surface area contributed by atoms with Crippen LogP contribution in [-0.4, -0.2) is 38.5 Å². The Balaban J connectivity index is 1.62. The van der Waals surface area contributed by atoms with E-state index in [1.54, 1.807) is 49.4 Å². The molecule has 172 valence electrons. The number of carbonyl (C=O) groups is 2. The van der Waals surface area contributed by atoms with Crippen LogP contribution < -0.4 is 0 Å². The average Bonchev–Trinajstić information content (AvgIpc) is 3.38. The lowest BCUT2D eigenvalue weighted by molar-refractivity contribution is -0.385.